The van der Waals surface area contributed by atoms with E-state index >= 15 is 0 Å². The Morgan fingerprint density at radius 1 is 0.423 bits per heavy atom. The molecule has 8 aromatic rings. The molecule has 246 valence electrons. The van der Waals surface area contributed by atoms with Gasteiger partial charge in [-0.2, -0.15) is 0 Å². The molecule has 0 N–H and O–H groups in total. The molecule has 1 atom stereocenters. The number of fused-ring (bicyclic) bond motifs is 1. The third-order valence-corrected chi connectivity index (χ3v) is 9.51. The van der Waals surface area contributed by atoms with Crippen LogP contribution in [-0.4, -0.2) is 24.9 Å². The average molecular weight is 668 g/mol. The van der Waals surface area contributed by atoms with Crippen LogP contribution in [0.2, 0.25) is 0 Å². The zero-order valence-corrected chi connectivity index (χ0v) is 28.3. The van der Waals surface area contributed by atoms with Gasteiger partial charge in [0.05, 0.1) is 11.4 Å². The molecule has 1 aliphatic rings. The third-order valence-electron chi connectivity index (χ3n) is 9.51. The molecule has 2 heterocycles. The van der Waals surface area contributed by atoms with Crippen molar-refractivity contribution in [2.45, 2.75) is 12.3 Å². The van der Waals surface area contributed by atoms with Gasteiger partial charge >= 0.3 is 0 Å². The van der Waals surface area contributed by atoms with E-state index in [0.29, 0.717) is 23.3 Å². The van der Waals surface area contributed by atoms with Crippen molar-refractivity contribution in [1.82, 2.24) is 24.9 Å². The molecule has 0 saturated heterocycles. The summed E-state index contributed by atoms with van der Waals surface area (Å²) in [5.41, 5.74) is 9.00. The molecule has 6 aromatic carbocycles. The maximum atomic E-state index is 5.12. The van der Waals surface area contributed by atoms with Gasteiger partial charge in [0, 0.05) is 39.3 Å². The predicted octanol–water partition coefficient (Wildman–Crippen LogP) is 11.3. The van der Waals surface area contributed by atoms with Crippen LogP contribution in [-0.2, 0) is 0 Å². The number of hydrogen-bond donors (Lipinski definition) is 0. The summed E-state index contributed by atoms with van der Waals surface area (Å²) in [6.45, 7) is 0. The first-order valence-electron chi connectivity index (χ1n) is 17.5. The first-order valence-corrected chi connectivity index (χ1v) is 17.5. The minimum absolute atomic E-state index is 0.0767. The quantitative estimate of drug-likeness (QED) is 0.169. The molecule has 0 saturated carbocycles. The zero-order chi connectivity index (χ0) is 34.7. The Labute approximate surface area is 302 Å². The summed E-state index contributed by atoms with van der Waals surface area (Å²) in [6.07, 6.45) is 7.51. The van der Waals surface area contributed by atoms with Crippen LogP contribution in [0.1, 0.15) is 23.7 Å². The van der Waals surface area contributed by atoms with E-state index in [1.54, 1.807) is 0 Å². The molecule has 0 fully saturated rings. The lowest BCUT2D eigenvalue weighted by molar-refractivity contribution is 0.862. The Balaban J connectivity index is 1.15. The number of rotatable bonds is 7. The number of benzene rings is 6. The summed E-state index contributed by atoms with van der Waals surface area (Å²) in [4.78, 5) is 25.4. The molecule has 5 nitrogen and oxygen atoms in total. The Morgan fingerprint density at radius 3 is 1.46 bits per heavy atom. The molecule has 1 aliphatic carbocycles. The Morgan fingerprint density at radius 2 is 0.923 bits per heavy atom. The van der Waals surface area contributed by atoms with Crippen LogP contribution in [0, 0.1) is 0 Å². The minimum Gasteiger partial charge on any atom is -0.228 e. The fourth-order valence-electron chi connectivity index (χ4n) is 6.91. The topological polar surface area (TPSA) is 64.5 Å². The fraction of sp³-hybridized carbons (Fsp3) is 0.0426. The van der Waals surface area contributed by atoms with Crippen molar-refractivity contribution < 1.29 is 0 Å². The monoisotopic (exact) mass is 667 g/mol. The second-order valence-corrected chi connectivity index (χ2v) is 12.8. The zero-order valence-electron chi connectivity index (χ0n) is 28.3. The molecule has 0 radical (unpaired) electrons. The highest BCUT2D eigenvalue weighted by Crippen LogP contribution is 2.40. The maximum Gasteiger partial charge on any atom is 0.164 e. The van der Waals surface area contributed by atoms with E-state index in [2.05, 4.69) is 85.0 Å². The van der Waals surface area contributed by atoms with Crippen molar-refractivity contribution in [3.63, 3.8) is 0 Å². The van der Waals surface area contributed by atoms with Gasteiger partial charge in [0.15, 0.2) is 23.3 Å². The molecule has 0 aliphatic heterocycles. The lowest BCUT2D eigenvalue weighted by Gasteiger charge is -2.22. The summed E-state index contributed by atoms with van der Waals surface area (Å²) in [7, 11) is 0. The second kappa shape index (κ2) is 13.8. The molecule has 5 heteroatoms. The molecular weight excluding hydrogens is 635 g/mol. The van der Waals surface area contributed by atoms with Crippen LogP contribution in [0.25, 0.3) is 73.0 Å². The summed E-state index contributed by atoms with van der Waals surface area (Å²) in [5.74, 6) is 2.74. The van der Waals surface area contributed by atoms with Crippen molar-refractivity contribution in [3.05, 3.63) is 193 Å². The SMILES string of the molecule is C1=CC(c2c(-c3nc(-c4ccccc4)nc(-c4ccccc4)n3)ccc3ccccc23)CC=C1c1nc(-c2ccccc2)cc(-c2ccccc2)n1. The first-order chi connectivity index (χ1) is 25.8. The van der Waals surface area contributed by atoms with Gasteiger partial charge in [-0.1, -0.05) is 176 Å². The summed E-state index contributed by atoms with van der Waals surface area (Å²) in [5, 5.41) is 2.36. The first kappa shape index (κ1) is 31.2. The second-order valence-electron chi connectivity index (χ2n) is 12.8. The van der Waals surface area contributed by atoms with E-state index in [9.17, 15) is 0 Å². The number of nitrogens with zero attached hydrogens (tertiary/aromatic N) is 5. The molecule has 52 heavy (non-hydrogen) atoms. The molecule has 0 spiro atoms. The average Bonchev–Trinajstić information content (AvgIpc) is 3.24. The van der Waals surface area contributed by atoms with Gasteiger partial charge in [-0.15, -0.1) is 0 Å². The van der Waals surface area contributed by atoms with Crippen LogP contribution < -0.4 is 0 Å². The van der Waals surface area contributed by atoms with Gasteiger partial charge in [0.25, 0.3) is 0 Å². The molecule has 2 aromatic heterocycles. The Kier molecular flexibility index (Phi) is 8.27. The number of aromatic nitrogens is 5. The molecule has 1 unspecified atom stereocenters. The largest absolute Gasteiger partial charge is 0.228 e. The van der Waals surface area contributed by atoms with Gasteiger partial charge in [0.2, 0.25) is 0 Å². The predicted molar refractivity (Wildman–Crippen MR) is 211 cm³/mol. The van der Waals surface area contributed by atoms with E-state index in [0.717, 1.165) is 51.2 Å². The van der Waals surface area contributed by atoms with E-state index in [-0.39, 0.29) is 5.92 Å². The van der Waals surface area contributed by atoms with Gasteiger partial charge in [-0.25, -0.2) is 24.9 Å². The molecule has 0 amide bonds. The third kappa shape index (κ3) is 6.21. The van der Waals surface area contributed by atoms with Gasteiger partial charge in [-0.3, -0.25) is 0 Å². The van der Waals surface area contributed by atoms with Gasteiger partial charge < -0.3 is 0 Å². The van der Waals surface area contributed by atoms with E-state index in [1.807, 2.05) is 97.1 Å². The highest BCUT2D eigenvalue weighted by atomic mass is 15.0. The Hall–Kier alpha value is -6.85. The van der Waals surface area contributed by atoms with Crippen LogP contribution >= 0.6 is 0 Å². The normalized spacial score (nSPS) is 13.9. The van der Waals surface area contributed by atoms with Crippen LogP contribution in [0.15, 0.2) is 182 Å². The van der Waals surface area contributed by atoms with Crippen molar-refractivity contribution in [1.29, 1.82) is 0 Å². The summed E-state index contributed by atoms with van der Waals surface area (Å²) in [6, 6.07) is 55.9. The fourth-order valence-corrected chi connectivity index (χ4v) is 6.91. The summed E-state index contributed by atoms with van der Waals surface area (Å²) < 4.78 is 0. The number of hydrogen-bond acceptors (Lipinski definition) is 5. The standard InChI is InChI=1S/C47H33N5/c1-5-16-33(17-6-1)41-31-42(34-18-7-2-8-19-34)49-44(48-41)38-27-25-35(26-28-38)43-39-24-14-13-15-32(39)29-30-40(43)47-51-45(36-20-9-3-10-21-36)50-46(52-47)37-22-11-4-12-23-37/h1-25,27-31,35H,26H2. The van der Waals surface area contributed by atoms with Crippen LogP contribution in [0.4, 0.5) is 0 Å². The van der Waals surface area contributed by atoms with E-state index in [4.69, 9.17) is 24.9 Å². The summed E-state index contributed by atoms with van der Waals surface area (Å²) >= 11 is 0. The molecule has 9 rings (SSSR count). The smallest absolute Gasteiger partial charge is 0.164 e. The molecular formula is C47H33N5. The van der Waals surface area contributed by atoms with Gasteiger partial charge in [-0.05, 0) is 28.8 Å². The molecule has 0 bridgehead atoms. The highest BCUT2D eigenvalue weighted by molar-refractivity contribution is 5.92. The van der Waals surface area contributed by atoms with Crippen molar-refractivity contribution in [2.24, 2.45) is 0 Å². The van der Waals surface area contributed by atoms with E-state index in [1.165, 1.54) is 16.3 Å². The highest BCUT2D eigenvalue weighted by Gasteiger charge is 2.23. The van der Waals surface area contributed by atoms with Crippen LogP contribution in [0.3, 0.4) is 0 Å². The maximum absolute atomic E-state index is 5.12. The number of allylic oxidation sites excluding steroid dienone is 4. The lowest BCUT2D eigenvalue weighted by Crippen LogP contribution is -2.07. The van der Waals surface area contributed by atoms with Crippen molar-refractivity contribution in [3.8, 4) is 56.7 Å². The van der Waals surface area contributed by atoms with E-state index < -0.39 is 0 Å². The lowest BCUT2D eigenvalue weighted by atomic mass is 9.83. The van der Waals surface area contributed by atoms with Gasteiger partial charge in [0.1, 0.15) is 0 Å². The van der Waals surface area contributed by atoms with Crippen LogP contribution in [0.5, 0.6) is 0 Å². The Bertz CT molecular complexity index is 2470. The van der Waals surface area contributed by atoms with Crippen molar-refractivity contribution in [2.75, 3.05) is 0 Å². The van der Waals surface area contributed by atoms with Crippen molar-refractivity contribution >= 4 is 16.3 Å². The minimum atomic E-state index is 0.0767.